The molecule has 0 saturated heterocycles. The largest absolute Gasteiger partial charge is 0.398 e. The van der Waals surface area contributed by atoms with Gasteiger partial charge in [0.15, 0.2) is 0 Å². The molecule has 0 bridgehead atoms. The quantitative estimate of drug-likeness (QED) is 0.743. The highest BCUT2D eigenvalue weighted by Crippen LogP contribution is 2.33. The number of aryl methyl sites for hydroxylation is 1. The van der Waals surface area contributed by atoms with Crippen molar-refractivity contribution in [3.63, 3.8) is 0 Å². The number of rotatable bonds is 3. The van der Waals surface area contributed by atoms with Crippen LogP contribution in [0.5, 0.6) is 0 Å². The Labute approximate surface area is 91.7 Å². The standard InChI is InChI=1S/C13H20N2/c1-2-4-11(14)13-10-6-3-5-9(10)7-8-12(13)15/h7-8,11H,2-6,14-15H2,1H3/t11-/m1/s1. The third-order valence-corrected chi connectivity index (χ3v) is 3.33. The van der Waals surface area contributed by atoms with Gasteiger partial charge in [-0.1, -0.05) is 19.4 Å². The Balaban J connectivity index is 2.40. The molecular weight excluding hydrogens is 184 g/mol. The number of benzene rings is 1. The molecule has 0 fully saturated rings. The second kappa shape index (κ2) is 4.23. The van der Waals surface area contributed by atoms with Crippen molar-refractivity contribution in [2.24, 2.45) is 5.73 Å². The molecule has 1 aliphatic rings. The van der Waals surface area contributed by atoms with Crippen molar-refractivity contribution >= 4 is 5.69 Å². The molecule has 4 N–H and O–H groups in total. The Bertz CT molecular complexity index is 358. The van der Waals surface area contributed by atoms with Crippen LogP contribution in [-0.2, 0) is 12.8 Å². The molecule has 0 saturated carbocycles. The Morgan fingerprint density at radius 3 is 2.87 bits per heavy atom. The molecule has 1 aliphatic carbocycles. The first-order valence-electron chi connectivity index (χ1n) is 5.89. The van der Waals surface area contributed by atoms with Gasteiger partial charge in [-0.05, 0) is 48.4 Å². The lowest BCUT2D eigenvalue weighted by Gasteiger charge is -2.18. The molecule has 0 radical (unpaired) electrons. The summed E-state index contributed by atoms with van der Waals surface area (Å²) in [4.78, 5) is 0. The average Bonchev–Trinajstić information content (AvgIpc) is 2.65. The van der Waals surface area contributed by atoms with E-state index < -0.39 is 0 Å². The van der Waals surface area contributed by atoms with E-state index in [1.54, 1.807) is 0 Å². The van der Waals surface area contributed by atoms with E-state index in [-0.39, 0.29) is 6.04 Å². The van der Waals surface area contributed by atoms with Gasteiger partial charge in [-0.25, -0.2) is 0 Å². The molecule has 0 amide bonds. The summed E-state index contributed by atoms with van der Waals surface area (Å²) < 4.78 is 0. The van der Waals surface area contributed by atoms with Gasteiger partial charge in [-0.15, -0.1) is 0 Å². The Hall–Kier alpha value is -1.02. The van der Waals surface area contributed by atoms with E-state index in [1.165, 1.54) is 29.5 Å². The molecule has 1 aromatic rings. The van der Waals surface area contributed by atoms with Crippen LogP contribution in [0.3, 0.4) is 0 Å². The monoisotopic (exact) mass is 204 g/mol. The van der Waals surface area contributed by atoms with E-state index >= 15 is 0 Å². The van der Waals surface area contributed by atoms with Gasteiger partial charge in [0.05, 0.1) is 0 Å². The SMILES string of the molecule is CCC[C@@H](N)c1c(N)ccc2c1CCC2. The third-order valence-electron chi connectivity index (χ3n) is 3.33. The molecule has 2 nitrogen and oxygen atoms in total. The van der Waals surface area contributed by atoms with Crippen molar-refractivity contribution in [3.8, 4) is 0 Å². The van der Waals surface area contributed by atoms with Crippen LogP contribution >= 0.6 is 0 Å². The number of hydrogen-bond acceptors (Lipinski definition) is 2. The summed E-state index contributed by atoms with van der Waals surface area (Å²) in [6.07, 6.45) is 5.75. The molecular formula is C13H20N2. The first-order valence-corrected chi connectivity index (χ1v) is 5.89. The minimum absolute atomic E-state index is 0.128. The Kier molecular flexibility index (Phi) is 2.96. The number of hydrogen-bond donors (Lipinski definition) is 2. The summed E-state index contributed by atoms with van der Waals surface area (Å²) >= 11 is 0. The molecule has 0 aromatic heterocycles. The van der Waals surface area contributed by atoms with Crippen molar-refractivity contribution in [2.75, 3.05) is 5.73 Å². The van der Waals surface area contributed by atoms with E-state index in [4.69, 9.17) is 11.5 Å². The van der Waals surface area contributed by atoms with Crippen molar-refractivity contribution < 1.29 is 0 Å². The van der Waals surface area contributed by atoms with Crippen molar-refractivity contribution in [2.45, 2.75) is 45.1 Å². The normalized spacial score (nSPS) is 16.4. The topological polar surface area (TPSA) is 52.0 Å². The molecule has 2 rings (SSSR count). The van der Waals surface area contributed by atoms with Crippen LogP contribution in [-0.4, -0.2) is 0 Å². The lowest BCUT2D eigenvalue weighted by molar-refractivity contribution is 0.635. The molecule has 82 valence electrons. The Morgan fingerprint density at radius 1 is 1.33 bits per heavy atom. The first-order chi connectivity index (χ1) is 7.24. The minimum atomic E-state index is 0.128. The zero-order chi connectivity index (χ0) is 10.8. The predicted octanol–water partition coefficient (Wildman–Crippen LogP) is 2.56. The lowest BCUT2D eigenvalue weighted by Crippen LogP contribution is -2.14. The second-order valence-electron chi connectivity index (χ2n) is 4.45. The van der Waals surface area contributed by atoms with Crippen LogP contribution in [0.15, 0.2) is 12.1 Å². The van der Waals surface area contributed by atoms with Crippen LogP contribution in [0.1, 0.15) is 48.9 Å². The van der Waals surface area contributed by atoms with Gasteiger partial charge in [0.2, 0.25) is 0 Å². The maximum Gasteiger partial charge on any atom is 0.0365 e. The van der Waals surface area contributed by atoms with E-state index in [1.807, 2.05) is 6.07 Å². The molecule has 2 heteroatoms. The highest BCUT2D eigenvalue weighted by atomic mass is 14.7. The zero-order valence-corrected chi connectivity index (χ0v) is 9.42. The van der Waals surface area contributed by atoms with E-state index in [0.29, 0.717) is 0 Å². The van der Waals surface area contributed by atoms with E-state index in [2.05, 4.69) is 13.0 Å². The van der Waals surface area contributed by atoms with E-state index in [9.17, 15) is 0 Å². The molecule has 15 heavy (non-hydrogen) atoms. The van der Waals surface area contributed by atoms with Crippen molar-refractivity contribution in [1.29, 1.82) is 0 Å². The molecule has 0 unspecified atom stereocenters. The zero-order valence-electron chi connectivity index (χ0n) is 9.42. The van der Waals surface area contributed by atoms with Crippen molar-refractivity contribution in [3.05, 3.63) is 28.8 Å². The number of nitrogens with two attached hydrogens (primary N) is 2. The van der Waals surface area contributed by atoms with Gasteiger partial charge < -0.3 is 11.5 Å². The second-order valence-corrected chi connectivity index (χ2v) is 4.45. The first kappa shape index (κ1) is 10.5. The molecule has 1 atom stereocenters. The number of anilines is 1. The Morgan fingerprint density at radius 2 is 2.13 bits per heavy atom. The van der Waals surface area contributed by atoms with Crippen LogP contribution in [0.25, 0.3) is 0 Å². The maximum atomic E-state index is 6.20. The summed E-state index contributed by atoms with van der Waals surface area (Å²) in [5.41, 5.74) is 17.3. The van der Waals surface area contributed by atoms with Gasteiger partial charge in [0, 0.05) is 11.7 Å². The summed E-state index contributed by atoms with van der Waals surface area (Å²) in [7, 11) is 0. The smallest absolute Gasteiger partial charge is 0.0365 e. The fourth-order valence-corrected chi connectivity index (χ4v) is 2.61. The van der Waals surface area contributed by atoms with Gasteiger partial charge in [-0.3, -0.25) is 0 Å². The van der Waals surface area contributed by atoms with E-state index in [0.717, 1.165) is 24.9 Å². The molecule has 0 spiro atoms. The summed E-state index contributed by atoms with van der Waals surface area (Å²) in [6, 6.07) is 4.32. The van der Waals surface area contributed by atoms with Crippen LogP contribution in [0, 0.1) is 0 Å². The lowest BCUT2D eigenvalue weighted by atomic mass is 9.93. The van der Waals surface area contributed by atoms with Crippen LogP contribution in [0.2, 0.25) is 0 Å². The maximum absolute atomic E-state index is 6.20. The highest BCUT2D eigenvalue weighted by Gasteiger charge is 2.20. The highest BCUT2D eigenvalue weighted by molar-refractivity contribution is 5.56. The molecule has 0 heterocycles. The average molecular weight is 204 g/mol. The van der Waals surface area contributed by atoms with Gasteiger partial charge in [0.1, 0.15) is 0 Å². The van der Waals surface area contributed by atoms with Gasteiger partial charge in [0.25, 0.3) is 0 Å². The number of nitrogen functional groups attached to an aromatic ring is 1. The fraction of sp³-hybridized carbons (Fsp3) is 0.538. The van der Waals surface area contributed by atoms with Gasteiger partial charge in [-0.2, -0.15) is 0 Å². The van der Waals surface area contributed by atoms with Crippen LogP contribution in [0.4, 0.5) is 5.69 Å². The molecule has 1 aromatic carbocycles. The van der Waals surface area contributed by atoms with Gasteiger partial charge >= 0.3 is 0 Å². The predicted molar refractivity (Wildman–Crippen MR) is 64.7 cm³/mol. The summed E-state index contributed by atoms with van der Waals surface area (Å²) in [6.45, 7) is 2.17. The fourth-order valence-electron chi connectivity index (χ4n) is 2.61. The van der Waals surface area contributed by atoms with Crippen molar-refractivity contribution in [1.82, 2.24) is 0 Å². The summed E-state index contributed by atoms with van der Waals surface area (Å²) in [5, 5.41) is 0. The minimum Gasteiger partial charge on any atom is -0.398 e. The van der Waals surface area contributed by atoms with Crippen LogP contribution < -0.4 is 11.5 Å². The number of fused-ring (bicyclic) bond motifs is 1. The third kappa shape index (κ3) is 1.86. The molecule has 0 aliphatic heterocycles. The summed E-state index contributed by atoms with van der Waals surface area (Å²) in [5.74, 6) is 0.